The van der Waals surface area contributed by atoms with Crippen LogP contribution in [0.5, 0.6) is 0 Å². The lowest BCUT2D eigenvalue weighted by atomic mass is 9.72. The number of aliphatic hydroxyl groups is 7. The molecule has 0 aromatic heterocycles. The van der Waals surface area contributed by atoms with E-state index in [1.165, 1.54) is 27.4 Å². The molecule has 15 nitrogen and oxygen atoms in total. The van der Waals surface area contributed by atoms with E-state index >= 15 is 0 Å². The summed E-state index contributed by atoms with van der Waals surface area (Å²) in [7, 11) is 1.42. The molecule has 0 aliphatic heterocycles. The van der Waals surface area contributed by atoms with Gasteiger partial charge in [0.25, 0.3) is 0 Å². The van der Waals surface area contributed by atoms with Crippen molar-refractivity contribution in [2.24, 2.45) is 105 Å². The molecule has 7 aliphatic carbocycles. The normalized spacial score (nSPS) is 28.3. The molecule has 0 spiro atoms. The van der Waals surface area contributed by atoms with Crippen molar-refractivity contribution in [2.75, 3.05) is 7.11 Å². The summed E-state index contributed by atoms with van der Waals surface area (Å²) in [4.78, 5) is 47.4. The van der Waals surface area contributed by atoms with Crippen molar-refractivity contribution >= 4 is 23.9 Å². The van der Waals surface area contributed by atoms with Gasteiger partial charge >= 0.3 is 67.1 Å². The molecule has 0 radical (unpaired) electrons. The van der Waals surface area contributed by atoms with Gasteiger partial charge in [-0.2, -0.15) is 92.2 Å². The highest BCUT2D eigenvalue weighted by Crippen LogP contribution is 2.59. The van der Waals surface area contributed by atoms with Gasteiger partial charge in [-0.25, -0.2) is 4.39 Å². The van der Waals surface area contributed by atoms with Crippen molar-refractivity contribution in [3.63, 3.8) is 0 Å². The van der Waals surface area contributed by atoms with Crippen molar-refractivity contribution in [1.82, 2.24) is 0 Å². The number of halogens is 22. The van der Waals surface area contributed by atoms with Crippen LogP contribution in [0.3, 0.4) is 0 Å². The number of esters is 4. The van der Waals surface area contributed by atoms with Crippen LogP contribution in [-0.4, -0.2) is 161 Å². The fourth-order valence-electron chi connectivity index (χ4n) is 18.4. The highest BCUT2D eigenvalue weighted by molar-refractivity contribution is 5.77. The molecule has 24 unspecified atom stereocenters. The summed E-state index contributed by atoms with van der Waals surface area (Å²) in [6, 6.07) is 2.97. The van der Waals surface area contributed by atoms with E-state index in [1.54, 1.807) is 76.2 Å². The first-order valence-corrected chi connectivity index (χ1v) is 47.7. The summed E-state index contributed by atoms with van der Waals surface area (Å²) in [5.74, 6) is 1.42. The van der Waals surface area contributed by atoms with Crippen molar-refractivity contribution in [2.45, 2.75) is 454 Å². The van der Waals surface area contributed by atoms with E-state index in [4.69, 9.17) is 19.3 Å². The summed E-state index contributed by atoms with van der Waals surface area (Å²) >= 11 is 0. The molecule has 7 N–H and O–H groups in total. The zero-order chi connectivity index (χ0) is 107. The minimum absolute atomic E-state index is 0.0443. The minimum atomic E-state index is -5.01. The maximum absolute atomic E-state index is 14.0. The van der Waals surface area contributed by atoms with Gasteiger partial charge in [0, 0.05) is 24.8 Å². The molecular weight excluding hydrogens is 1850 g/mol. The molecule has 6 bridgehead atoms. The molecule has 1 aromatic carbocycles. The molecule has 0 heterocycles. The van der Waals surface area contributed by atoms with Crippen LogP contribution < -0.4 is 0 Å². The van der Waals surface area contributed by atoms with Gasteiger partial charge in [0.15, 0.2) is 33.6 Å². The third-order valence-corrected chi connectivity index (χ3v) is 31.0. The Kier molecular flexibility index (Phi) is 45.5. The van der Waals surface area contributed by atoms with Crippen molar-refractivity contribution in [1.29, 1.82) is 0 Å². The number of ether oxygens (including phenoxy) is 4. The lowest BCUT2D eigenvalue weighted by Gasteiger charge is -2.37. The highest BCUT2D eigenvalue weighted by Gasteiger charge is 2.62. The first-order valence-electron chi connectivity index (χ1n) is 47.7. The van der Waals surface area contributed by atoms with Crippen LogP contribution in [0.25, 0.3) is 0 Å². The molecule has 7 aliphatic rings. The average Bonchev–Trinajstić information content (AvgIpc) is 1.41. The second-order valence-electron chi connectivity index (χ2n) is 44.6. The summed E-state index contributed by atoms with van der Waals surface area (Å²) in [6.07, 6.45) is -21.6. The second kappa shape index (κ2) is 47.9. The smallest absolute Gasteiger partial charge is 0.432 e. The summed E-state index contributed by atoms with van der Waals surface area (Å²) in [6.45, 7) is 42.6. The molecule has 37 heteroatoms. The standard InChI is InChI=1S/C18H22F6O3.C18H29F3O3.C14H25F3O3.C13H21F3O.C11H17F3O.C10H19FO.C8H15F3O.C7H14O2/c1-6-14(2,3)13(25)27-16(5,18(22,23)24)12-9-7-11(8-10-12)15(4,26)17(19,20)21;1-5-16(2,3)15(22)24-14(10-17(4,23)18(19,20)21)13-9-11-6-7-12(13)8-11;1-7-12(4,5)11(18)20-10(9(2)3)8-13(6,19)14(15,16)17;1-7-8(2)11-5-9(7)4-10(11)6-12(3,17)13(14,15)16;1-10(15,11(12,13)14)6-9-5-7-2-3-8(9)4-7;1-4-8-6-9(3,12)7-10(8,11)5-2;1-4-6(2)5-7(3,12)8(9,10)11;1-5-7(2,3)6(8)9-4/h7-10,26H,6H2,1-5H3;11-14,23H,5-10H2,1-4H3;9-10,19H,7-8H2,1-6H3;7-11,17H,4-6H2,1-3H3;7-9,15H,2-6H2,1H3;8,12H,4-7H2,1-3H3;6,12H,4-5H2,1-3H3;5H2,1-4H3. The third-order valence-electron chi connectivity index (χ3n) is 31.0. The zero-order valence-electron chi connectivity index (χ0n) is 85.2. The van der Waals surface area contributed by atoms with Gasteiger partial charge in [-0.3, -0.25) is 19.2 Å². The Morgan fingerprint density at radius 3 is 1.13 bits per heavy atom. The fraction of sp³-hybridized carbons (Fsp3) is 0.899. The topological polar surface area (TPSA) is 247 Å². The van der Waals surface area contributed by atoms with Gasteiger partial charge in [-0.1, -0.05) is 133 Å². The largest absolute Gasteiger partial charge is 0.469 e. The number of hydrogen-bond donors (Lipinski definition) is 7. The van der Waals surface area contributed by atoms with E-state index in [1.807, 2.05) is 41.5 Å². The van der Waals surface area contributed by atoms with Crippen molar-refractivity contribution < 1.29 is 170 Å². The molecule has 7 saturated carbocycles. The number of hydrogen-bond acceptors (Lipinski definition) is 15. The quantitative estimate of drug-likeness (QED) is 0.0234. The molecule has 7 fully saturated rings. The van der Waals surface area contributed by atoms with E-state index in [0.29, 0.717) is 107 Å². The predicted molar refractivity (Wildman–Crippen MR) is 474 cm³/mol. The number of carbonyl (C=O) groups is 4. The van der Waals surface area contributed by atoms with E-state index in [2.05, 4.69) is 18.6 Å². The number of methoxy groups -OCH3 is 1. The Bertz CT molecular complexity index is 3810. The van der Waals surface area contributed by atoms with Gasteiger partial charge in [0.05, 0.1) is 34.4 Å². The van der Waals surface area contributed by atoms with Crippen LogP contribution in [0.4, 0.5) is 96.6 Å². The van der Waals surface area contributed by atoms with Gasteiger partial charge in [-0.05, 0) is 308 Å². The Hall–Kier alpha value is -4.72. The Labute approximate surface area is 792 Å². The SMILES string of the molecule is CC(O)(CC1CC2CCC1C2)C(F)(F)F.CC1C2CC(CC(C)(O)C(F)(F)F)C(C2)C1C.CCC(C)(C)C(=O)OC.CCC(C)(C)C(=O)OC(C)(c1ccc(C(C)(O)C(F)(F)F)cc1)C(F)(F)F.CCC(C)(C)C(=O)OC(CC(C)(O)C(F)(F)F)C(C)C.CCC(C)(C)C(=O)OC(CC(C)(O)C(F)(F)F)C1CC2CCC1C2.CCC(C)CC(C)(O)C(F)(F)F.CCC1CC(C)(O)CC1(F)CC. The van der Waals surface area contributed by atoms with Crippen molar-refractivity contribution in [3.05, 3.63) is 35.4 Å². The Balaban J connectivity index is 0.000000793. The van der Waals surface area contributed by atoms with E-state index in [9.17, 15) is 146 Å². The van der Waals surface area contributed by atoms with Crippen LogP contribution in [0, 0.1) is 105 Å². The average molecular weight is 2010 g/mol. The molecule has 0 saturated heterocycles. The van der Waals surface area contributed by atoms with E-state index < -0.39 is 164 Å². The van der Waals surface area contributed by atoms with Gasteiger partial charge in [-0.15, -0.1) is 0 Å². The van der Waals surface area contributed by atoms with Crippen LogP contribution >= 0.6 is 0 Å². The van der Waals surface area contributed by atoms with Gasteiger partial charge in [0.1, 0.15) is 17.9 Å². The molecule has 8 rings (SSSR count). The van der Waals surface area contributed by atoms with Crippen LogP contribution in [0.1, 0.15) is 359 Å². The zero-order valence-corrected chi connectivity index (χ0v) is 85.2. The monoisotopic (exact) mass is 2010 g/mol. The van der Waals surface area contributed by atoms with Gasteiger partial charge in [0.2, 0.25) is 5.60 Å². The number of rotatable bonds is 28. The number of benzene rings is 1. The number of fused-ring (bicyclic) bond motifs is 6. The second-order valence-corrected chi connectivity index (χ2v) is 44.6. The van der Waals surface area contributed by atoms with Crippen LogP contribution in [0.2, 0.25) is 0 Å². The first kappa shape index (κ1) is 129. The Morgan fingerprint density at radius 1 is 0.434 bits per heavy atom. The highest BCUT2D eigenvalue weighted by atomic mass is 19.4. The Morgan fingerprint density at radius 2 is 0.816 bits per heavy atom. The van der Waals surface area contributed by atoms with Crippen LogP contribution in [0.15, 0.2) is 24.3 Å². The maximum atomic E-state index is 14.0. The molecular formula is C99H162F22O15. The number of alkyl halides is 22. The summed E-state index contributed by atoms with van der Waals surface area (Å²) in [5.41, 5.74) is -25.6. The van der Waals surface area contributed by atoms with Crippen LogP contribution in [-0.2, 0) is 49.3 Å². The third kappa shape index (κ3) is 35.1. The first-order chi connectivity index (χ1) is 60.6. The molecule has 802 valence electrons. The van der Waals surface area contributed by atoms with E-state index in [-0.39, 0.29) is 72.6 Å². The summed E-state index contributed by atoms with van der Waals surface area (Å²) in [5, 5.41) is 66.8. The minimum Gasteiger partial charge on any atom is -0.469 e. The maximum Gasteiger partial charge on any atom is 0.432 e. The molecule has 24 atom stereocenters. The fourth-order valence-corrected chi connectivity index (χ4v) is 18.4. The molecule has 1 aromatic rings. The lowest BCUT2D eigenvalue weighted by Crippen LogP contribution is -2.48. The lowest BCUT2D eigenvalue weighted by molar-refractivity contribution is -0.273. The van der Waals surface area contributed by atoms with E-state index in [0.717, 1.165) is 123 Å². The molecule has 0 amide bonds. The van der Waals surface area contributed by atoms with Gasteiger partial charge < -0.3 is 54.7 Å². The number of carbonyl (C=O) groups excluding carboxylic acids is 4. The predicted octanol–water partition coefficient (Wildman–Crippen LogP) is 27.1. The van der Waals surface area contributed by atoms with Crippen molar-refractivity contribution in [3.8, 4) is 0 Å². The summed E-state index contributed by atoms with van der Waals surface area (Å²) < 4.78 is 303. The molecule has 136 heavy (non-hydrogen) atoms.